The van der Waals surface area contributed by atoms with Gasteiger partial charge in [0.05, 0.1) is 21.8 Å². The Hall–Kier alpha value is -1.86. The summed E-state index contributed by atoms with van der Waals surface area (Å²) in [7, 11) is 0. The number of hydrogen-bond acceptors (Lipinski definition) is 2. The van der Waals surface area contributed by atoms with Crippen LogP contribution in [0.15, 0.2) is 18.3 Å². The molecule has 0 radical (unpaired) electrons. The minimum absolute atomic E-state index is 0.339. The maximum absolute atomic E-state index is 13.9. The monoisotopic (exact) mass is 275 g/mol. The molecule has 0 fully saturated rings. The van der Waals surface area contributed by atoms with Crippen LogP contribution >= 0.6 is 11.6 Å². The van der Waals surface area contributed by atoms with Gasteiger partial charge in [-0.25, -0.2) is 4.98 Å². The van der Waals surface area contributed by atoms with E-state index in [-0.39, 0.29) is 0 Å². The molecule has 3 heterocycles. The first-order valence-electron chi connectivity index (χ1n) is 6.16. The maximum atomic E-state index is 13.9. The number of pyridine rings is 1. The van der Waals surface area contributed by atoms with Gasteiger partial charge in [-0.15, -0.1) is 0 Å². The molecule has 5 heteroatoms. The minimum Gasteiger partial charge on any atom is -0.342 e. The number of fused-ring (bicyclic) bond motifs is 1. The van der Waals surface area contributed by atoms with E-state index in [1.807, 2.05) is 4.57 Å². The van der Waals surface area contributed by atoms with Gasteiger partial charge in [-0.2, -0.15) is 9.65 Å². The molecule has 0 amide bonds. The maximum Gasteiger partial charge on any atom is 0.222 e. The predicted molar refractivity (Wildman–Crippen MR) is 70.3 cm³/mol. The molecule has 0 spiro atoms. The molecule has 0 bridgehead atoms. The summed E-state index contributed by atoms with van der Waals surface area (Å²) < 4.78 is 15.8. The number of nitrogens with zero attached hydrogens (tertiary/aromatic N) is 3. The van der Waals surface area contributed by atoms with Crippen molar-refractivity contribution in [3.8, 4) is 17.3 Å². The minimum atomic E-state index is -0.556. The van der Waals surface area contributed by atoms with E-state index in [0.29, 0.717) is 21.8 Å². The van der Waals surface area contributed by atoms with Crippen LogP contribution in [-0.2, 0) is 13.0 Å². The fourth-order valence-electron chi connectivity index (χ4n) is 2.64. The van der Waals surface area contributed by atoms with Gasteiger partial charge in [-0.05, 0) is 31.4 Å². The van der Waals surface area contributed by atoms with Crippen LogP contribution in [0.3, 0.4) is 0 Å². The summed E-state index contributed by atoms with van der Waals surface area (Å²) in [5.74, 6) is -0.556. The summed E-state index contributed by atoms with van der Waals surface area (Å²) in [6.45, 7) is 0.764. The highest BCUT2D eigenvalue weighted by atomic mass is 35.5. The lowest BCUT2D eigenvalue weighted by Crippen LogP contribution is -2.12. The first-order chi connectivity index (χ1) is 9.24. The number of hydrogen-bond donors (Lipinski definition) is 0. The summed E-state index contributed by atoms with van der Waals surface area (Å²) in [6, 6.07) is 5.45. The third-order valence-electron chi connectivity index (χ3n) is 3.48. The number of rotatable bonds is 1. The zero-order chi connectivity index (χ0) is 13.4. The SMILES string of the molecule is N#Cc1c(Cl)c(-c2cccnc2F)n2c1CCCC2. The molecule has 0 atom stereocenters. The fraction of sp³-hybridized carbons (Fsp3) is 0.286. The van der Waals surface area contributed by atoms with Crippen LogP contribution in [0.4, 0.5) is 4.39 Å². The lowest BCUT2D eigenvalue weighted by Gasteiger charge is -2.18. The van der Waals surface area contributed by atoms with Gasteiger partial charge in [0.15, 0.2) is 0 Å². The number of halogens is 2. The van der Waals surface area contributed by atoms with E-state index in [4.69, 9.17) is 11.6 Å². The second-order valence-corrected chi connectivity index (χ2v) is 4.92. The van der Waals surface area contributed by atoms with Crippen molar-refractivity contribution >= 4 is 11.6 Å². The molecule has 0 saturated carbocycles. The van der Waals surface area contributed by atoms with Gasteiger partial charge >= 0.3 is 0 Å². The molecule has 0 unspecified atom stereocenters. The first-order valence-corrected chi connectivity index (χ1v) is 6.53. The lowest BCUT2D eigenvalue weighted by molar-refractivity contribution is 0.532. The topological polar surface area (TPSA) is 41.6 Å². The van der Waals surface area contributed by atoms with Crippen molar-refractivity contribution in [3.63, 3.8) is 0 Å². The summed E-state index contributed by atoms with van der Waals surface area (Å²) in [5.41, 5.74) is 2.33. The second kappa shape index (κ2) is 4.67. The molecule has 19 heavy (non-hydrogen) atoms. The molecule has 3 nitrogen and oxygen atoms in total. The number of nitriles is 1. The van der Waals surface area contributed by atoms with Crippen LogP contribution < -0.4 is 0 Å². The highest BCUT2D eigenvalue weighted by Crippen LogP contribution is 2.38. The number of aromatic nitrogens is 2. The summed E-state index contributed by atoms with van der Waals surface area (Å²) in [5, 5.41) is 9.59. The van der Waals surface area contributed by atoms with Crippen molar-refractivity contribution in [1.29, 1.82) is 5.26 Å². The normalized spacial score (nSPS) is 13.9. The fourth-order valence-corrected chi connectivity index (χ4v) is 3.00. The highest BCUT2D eigenvalue weighted by Gasteiger charge is 2.26. The van der Waals surface area contributed by atoms with Crippen LogP contribution in [0.2, 0.25) is 5.02 Å². The molecule has 3 rings (SSSR count). The molecule has 96 valence electrons. The average Bonchev–Trinajstić information content (AvgIpc) is 2.71. The molecule has 0 N–H and O–H groups in total. The zero-order valence-electron chi connectivity index (χ0n) is 10.2. The molecular formula is C14H11ClFN3. The van der Waals surface area contributed by atoms with Gasteiger partial charge < -0.3 is 4.57 Å². The van der Waals surface area contributed by atoms with Gasteiger partial charge in [0.25, 0.3) is 0 Å². The summed E-state index contributed by atoms with van der Waals surface area (Å²) >= 11 is 6.29. The average molecular weight is 276 g/mol. The van der Waals surface area contributed by atoms with Crippen molar-refractivity contribution in [2.24, 2.45) is 0 Å². The molecule has 1 aliphatic rings. The van der Waals surface area contributed by atoms with Crippen molar-refractivity contribution < 1.29 is 4.39 Å². The van der Waals surface area contributed by atoms with Crippen LogP contribution in [0.5, 0.6) is 0 Å². The Morgan fingerprint density at radius 1 is 1.42 bits per heavy atom. The molecule has 2 aromatic rings. The van der Waals surface area contributed by atoms with Gasteiger partial charge in [-0.3, -0.25) is 0 Å². The van der Waals surface area contributed by atoms with Crippen LogP contribution in [0.25, 0.3) is 11.3 Å². The Morgan fingerprint density at radius 2 is 2.26 bits per heavy atom. The Labute approximate surface area is 115 Å². The molecular weight excluding hydrogens is 265 g/mol. The first kappa shape index (κ1) is 12.2. The Kier molecular flexibility index (Phi) is 3.00. The lowest BCUT2D eigenvalue weighted by atomic mass is 10.1. The Morgan fingerprint density at radius 3 is 3.00 bits per heavy atom. The third kappa shape index (κ3) is 1.82. The van der Waals surface area contributed by atoms with E-state index in [2.05, 4.69) is 11.1 Å². The second-order valence-electron chi connectivity index (χ2n) is 4.55. The van der Waals surface area contributed by atoms with E-state index >= 15 is 0 Å². The van der Waals surface area contributed by atoms with Gasteiger partial charge in [0.1, 0.15) is 6.07 Å². The highest BCUT2D eigenvalue weighted by molar-refractivity contribution is 6.34. The molecule has 0 aromatic carbocycles. The Balaban J connectivity index is 2.31. The van der Waals surface area contributed by atoms with Crippen LogP contribution in [0.1, 0.15) is 24.1 Å². The van der Waals surface area contributed by atoms with Crippen molar-refractivity contribution in [3.05, 3.63) is 40.6 Å². The van der Waals surface area contributed by atoms with E-state index in [9.17, 15) is 9.65 Å². The van der Waals surface area contributed by atoms with Crippen molar-refractivity contribution in [2.75, 3.05) is 0 Å². The van der Waals surface area contributed by atoms with Crippen molar-refractivity contribution in [2.45, 2.75) is 25.8 Å². The van der Waals surface area contributed by atoms with Crippen LogP contribution in [-0.4, -0.2) is 9.55 Å². The van der Waals surface area contributed by atoms with Crippen molar-refractivity contribution in [1.82, 2.24) is 9.55 Å². The summed E-state index contributed by atoms with van der Waals surface area (Å²) in [4.78, 5) is 3.66. The quantitative estimate of drug-likeness (QED) is 0.747. The van der Waals surface area contributed by atoms with Gasteiger partial charge in [0.2, 0.25) is 5.95 Å². The van der Waals surface area contributed by atoms with E-state index in [0.717, 1.165) is 31.5 Å². The standard InChI is InChI=1S/C14H11ClFN3/c15-12-10(8-17)11-5-1-2-7-19(11)13(12)9-4-3-6-18-14(9)16/h3-4,6H,1-2,5,7H2. The third-order valence-corrected chi connectivity index (χ3v) is 3.85. The smallest absolute Gasteiger partial charge is 0.222 e. The predicted octanol–water partition coefficient (Wildman–Crippen LogP) is 3.55. The van der Waals surface area contributed by atoms with E-state index < -0.39 is 5.95 Å². The largest absolute Gasteiger partial charge is 0.342 e. The zero-order valence-corrected chi connectivity index (χ0v) is 10.9. The van der Waals surface area contributed by atoms with E-state index in [1.165, 1.54) is 6.20 Å². The van der Waals surface area contributed by atoms with E-state index in [1.54, 1.807) is 12.1 Å². The van der Waals surface area contributed by atoms with Crippen LogP contribution in [0, 0.1) is 17.3 Å². The Bertz CT molecular complexity index is 685. The molecule has 2 aromatic heterocycles. The van der Waals surface area contributed by atoms with Gasteiger partial charge in [0, 0.05) is 18.4 Å². The molecule has 0 saturated heterocycles. The summed E-state index contributed by atoms with van der Waals surface area (Å²) in [6.07, 6.45) is 4.25. The van der Waals surface area contributed by atoms with Gasteiger partial charge in [-0.1, -0.05) is 11.6 Å². The molecule has 0 aliphatic carbocycles. The molecule has 1 aliphatic heterocycles.